The van der Waals surface area contributed by atoms with Gasteiger partial charge in [-0.25, -0.2) is 14.8 Å². The Morgan fingerprint density at radius 2 is 2.29 bits per heavy atom. The summed E-state index contributed by atoms with van der Waals surface area (Å²) in [4.78, 5) is 20.1. The van der Waals surface area contributed by atoms with Crippen molar-refractivity contribution in [3.63, 3.8) is 0 Å². The molecule has 2 heterocycles. The number of imidazole rings is 1. The number of rotatable bonds is 4. The van der Waals surface area contributed by atoms with E-state index in [0.29, 0.717) is 0 Å². The summed E-state index contributed by atoms with van der Waals surface area (Å²) in [6.45, 7) is 4.04. The first-order valence-corrected chi connectivity index (χ1v) is 7.61. The molecule has 2 aromatic heterocycles. The van der Waals surface area contributed by atoms with Crippen molar-refractivity contribution in [2.24, 2.45) is 0 Å². The lowest BCUT2D eigenvalue weighted by molar-refractivity contribution is 0.0697. The number of carboxylic acid groups (broad SMARTS) is 1. The number of nitrogens with zero attached hydrogens (tertiary/aromatic N) is 3. The van der Waals surface area contributed by atoms with Gasteiger partial charge in [-0.1, -0.05) is 6.92 Å². The maximum absolute atomic E-state index is 11.2. The Labute approximate surface area is 125 Å². The van der Waals surface area contributed by atoms with Gasteiger partial charge in [-0.3, -0.25) is 0 Å². The Morgan fingerprint density at radius 1 is 1.48 bits per heavy atom. The van der Waals surface area contributed by atoms with Gasteiger partial charge in [0.25, 0.3) is 0 Å². The first kappa shape index (κ1) is 13.8. The van der Waals surface area contributed by atoms with E-state index < -0.39 is 5.97 Å². The number of benzene rings is 1. The fraction of sp³-hybridized carbons (Fsp3) is 0.267. The van der Waals surface area contributed by atoms with Gasteiger partial charge in [0.1, 0.15) is 10.8 Å². The highest BCUT2D eigenvalue weighted by molar-refractivity contribution is 7.09. The van der Waals surface area contributed by atoms with E-state index in [-0.39, 0.29) is 11.6 Å². The van der Waals surface area contributed by atoms with Crippen LogP contribution in [0.1, 0.15) is 40.6 Å². The summed E-state index contributed by atoms with van der Waals surface area (Å²) < 4.78 is 2.08. The predicted octanol–water partition coefficient (Wildman–Crippen LogP) is 3.50. The summed E-state index contributed by atoms with van der Waals surface area (Å²) in [7, 11) is 0. The van der Waals surface area contributed by atoms with Crippen LogP contribution in [0.15, 0.2) is 29.8 Å². The lowest BCUT2D eigenvalue weighted by atomic mass is 10.1. The largest absolute Gasteiger partial charge is 0.478 e. The summed E-state index contributed by atoms with van der Waals surface area (Å²) >= 11 is 1.61. The number of carboxylic acids is 1. The van der Waals surface area contributed by atoms with E-state index in [9.17, 15) is 9.90 Å². The minimum absolute atomic E-state index is 0.0824. The molecule has 1 unspecified atom stereocenters. The molecule has 108 valence electrons. The van der Waals surface area contributed by atoms with Gasteiger partial charge >= 0.3 is 5.97 Å². The molecule has 3 aromatic rings. The van der Waals surface area contributed by atoms with Gasteiger partial charge in [0.15, 0.2) is 0 Å². The maximum Gasteiger partial charge on any atom is 0.335 e. The van der Waals surface area contributed by atoms with Crippen molar-refractivity contribution in [1.82, 2.24) is 14.5 Å². The molecule has 5 nitrogen and oxygen atoms in total. The van der Waals surface area contributed by atoms with Crippen LogP contribution in [0.4, 0.5) is 0 Å². The standard InChI is InChI=1S/C15H15N3O2S/c1-3-12(14-16-6-7-21-14)18-9(2)17-11-5-4-10(15(19)20)8-13(11)18/h4-8,12H,3H2,1-2H3,(H,19,20). The molecule has 6 heteroatoms. The molecular formula is C15H15N3O2S. The zero-order valence-electron chi connectivity index (χ0n) is 11.8. The number of fused-ring (bicyclic) bond motifs is 1. The number of hydrogen-bond acceptors (Lipinski definition) is 4. The van der Waals surface area contributed by atoms with Crippen LogP contribution in [0, 0.1) is 6.92 Å². The summed E-state index contributed by atoms with van der Waals surface area (Å²) in [5.74, 6) is -0.0563. The van der Waals surface area contributed by atoms with Crippen molar-refractivity contribution >= 4 is 28.3 Å². The molecule has 0 spiro atoms. The lowest BCUT2D eigenvalue weighted by Gasteiger charge is -2.17. The van der Waals surface area contributed by atoms with Gasteiger partial charge in [0.05, 0.1) is 22.6 Å². The van der Waals surface area contributed by atoms with Crippen LogP contribution < -0.4 is 0 Å². The number of hydrogen-bond donors (Lipinski definition) is 1. The Bertz CT molecular complexity index is 793. The highest BCUT2D eigenvalue weighted by Crippen LogP contribution is 2.30. The number of aromatic carboxylic acids is 1. The molecule has 0 fully saturated rings. The monoisotopic (exact) mass is 301 g/mol. The molecule has 0 saturated heterocycles. The van der Waals surface area contributed by atoms with Crippen LogP contribution in [0.2, 0.25) is 0 Å². The van der Waals surface area contributed by atoms with E-state index >= 15 is 0 Å². The zero-order valence-corrected chi connectivity index (χ0v) is 12.6. The Hall–Kier alpha value is -2.21. The fourth-order valence-corrected chi connectivity index (χ4v) is 3.42. The smallest absolute Gasteiger partial charge is 0.335 e. The van der Waals surface area contributed by atoms with E-state index in [0.717, 1.165) is 28.3 Å². The third-order valence-corrected chi connectivity index (χ3v) is 4.42. The highest BCUT2D eigenvalue weighted by atomic mass is 32.1. The average Bonchev–Trinajstić information content (AvgIpc) is 3.08. The third kappa shape index (κ3) is 2.31. The average molecular weight is 301 g/mol. The van der Waals surface area contributed by atoms with E-state index in [1.54, 1.807) is 35.7 Å². The van der Waals surface area contributed by atoms with Crippen LogP contribution in [0.3, 0.4) is 0 Å². The quantitative estimate of drug-likeness (QED) is 0.801. The first-order valence-electron chi connectivity index (χ1n) is 6.73. The SMILES string of the molecule is CCC(c1nccs1)n1c(C)nc2ccc(C(=O)O)cc21. The second-order valence-electron chi connectivity index (χ2n) is 4.83. The Morgan fingerprint density at radius 3 is 2.90 bits per heavy atom. The number of thiazole rings is 1. The van der Waals surface area contributed by atoms with Crippen molar-refractivity contribution in [1.29, 1.82) is 0 Å². The number of carbonyl (C=O) groups is 1. The minimum Gasteiger partial charge on any atom is -0.478 e. The Balaban J connectivity index is 2.22. The fourth-order valence-electron chi connectivity index (χ4n) is 2.61. The van der Waals surface area contributed by atoms with Gasteiger partial charge in [0, 0.05) is 11.6 Å². The first-order chi connectivity index (χ1) is 10.1. The van der Waals surface area contributed by atoms with Crippen molar-refractivity contribution in [2.75, 3.05) is 0 Å². The van der Waals surface area contributed by atoms with Crippen molar-refractivity contribution < 1.29 is 9.90 Å². The molecule has 0 aliphatic carbocycles. The molecular weight excluding hydrogens is 286 g/mol. The van der Waals surface area contributed by atoms with Gasteiger partial charge in [0.2, 0.25) is 0 Å². The summed E-state index contributed by atoms with van der Waals surface area (Å²) in [6, 6.07) is 5.12. The summed E-state index contributed by atoms with van der Waals surface area (Å²) in [6.07, 6.45) is 2.66. The number of aromatic nitrogens is 3. The van der Waals surface area contributed by atoms with E-state index in [2.05, 4.69) is 21.5 Å². The van der Waals surface area contributed by atoms with E-state index in [1.165, 1.54) is 0 Å². The molecule has 1 aromatic carbocycles. The topological polar surface area (TPSA) is 68.0 Å². The van der Waals surface area contributed by atoms with Gasteiger partial charge in [-0.05, 0) is 31.5 Å². The van der Waals surface area contributed by atoms with E-state index in [4.69, 9.17) is 0 Å². The zero-order chi connectivity index (χ0) is 15.0. The van der Waals surface area contributed by atoms with Gasteiger partial charge in [-0.2, -0.15) is 0 Å². The molecule has 21 heavy (non-hydrogen) atoms. The number of aryl methyl sites for hydroxylation is 1. The molecule has 0 bridgehead atoms. The molecule has 0 aliphatic heterocycles. The lowest BCUT2D eigenvalue weighted by Crippen LogP contribution is -2.11. The van der Waals surface area contributed by atoms with Crippen LogP contribution in [-0.2, 0) is 0 Å². The predicted molar refractivity (Wildman–Crippen MR) is 82.0 cm³/mol. The second kappa shape index (κ2) is 5.29. The minimum atomic E-state index is -0.926. The summed E-state index contributed by atoms with van der Waals surface area (Å²) in [5, 5.41) is 12.1. The van der Waals surface area contributed by atoms with Crippen LogP contribution in [-0.4, -0.2) is 25.6 Å². The molecule has 0 amide bonds. The van der Waals surface area contributed by atoms with Gasteiger partial charge in [-0.15, -0.1) is 11.3 Å². The Kier molecular flexibility index (Phi) is 3.47. The molecule has 3 rings (SSSR count). The van der Waals surface area contributed by atoms with Crippen molar-refractivity contribution in [2.45, 2.75) is 26.3 Å². The maximum atomic E-state index is 11.2. The molecule has 0 radical (unpaired) electrons. The second-order valence-corrected chi connectivity index (χ2v) is 5.76. The van der Waals surface area contributed by atoms with Crippen LogP contribution in [0.5, 0.6) is 0 Å². The van der Waals surface area contributed by atoms with E-state index in [1.807, 2.05) is 12.3 Å². The molecule has 1 atom stereocenters. The van der Waals surface area contributed by atoms with Crippen LogP contribution >= 0.6 is 11.3 Å². The third-order valence-electron chi connectivity index (χ3n) is 3.55. The molecule has 0 saturated carbocycles. The van der Waals surface area contributed by atoms with Crippen molar-refractivity contribution in [3.05, 3.63) is 46.2 Å². The summed E-state index contributed by atoms with van der Waals surface area (Å²) in [5.41, 5.74) is 1.93. The normalized spacial score (nSPS) is 12.7. The molecule has 0 aliphatic rings. The van der Waals surface area contributed by atoms with Crippen LogP contribution in [0.25, 0.3) is 11.0 Å². The van der Waals surface area contributed by atoms with Crippen molar-refractivity contribution in [3.8, 4) is 0 Å². The van der Waals surface area contributed by atoms with Gasteiger partial charge < -0.3 is 9.67 Å². The highest BCUT2D eigenvalue weighted by Gasteiger charge is 2.20. The molecule has 1 N–H and O–H groups in total.